The van der Waals surface area contributed by atoms with Gasteiger partial charge >= 0.3 is 5.97 Å². The summed E-state index contributed by atoms with van der Waals surface area (Å²) in [4.78, 5) is 12.7. The molecule has 1 saturated heterocycles. The van der Waals surface area contributed by atoms with Crippen molar-refractivity contribution in [3.05, 3.63) is 42.0 Å². The molecule has 0 spiro atoms. The van der Waals surface area contributed by atoms with E-state index in [1.807, 2.05) is 19.9 Å². The van der Waals surface area contributed by atoms with Crippen LogP contribution in [0.5, 0.6) is 5.75 Å². The molecule has 0 aromatic heterocycles. The zero-order chi connectivity index (χ0) is 19.8. The first kappa shape index (κ1) is 19.9. The van der Waals surface area contributed by atoms with Gasteiger partial charge in [0.2, 0.25) is 0 Å². The molecule has 3 rings (SSSR count). The summed E-state index contributed by atoms with van der Waals surface area (Å²) < 4.78 is 11.8. The third-order valence-electron chi connectivity index (χ3n) is 5.74. The molecule has 1 aromatic carbocycles. The number of ether oxygens (including phenoxy) is 2. The molecule has 27 heavy (non-hydrogen) atoms. The van der Waals surface area contributed by atoms with Crippen molar-refractivity contribution in [2.75, 3.05) is 0 Å². The van der Waals surface area contributed by atoms with Crippen molar-refractivity contribution in [2.45, 2.75) is 70.4 Å². The Morgan fingerprint density at radius 1 is 1.22 bits per heavy atom. The van der Waals surface area contributed by atoms with E-state index in [-0.39, 0.29) is 35.4 Å². The molecule has 5 heteroatoms. The summed E-state index contributed by atoms with van der Waals surface area (Å²) in [5.41, 5.74) is -0.768. The Kier molecular flexibility index (Phi) is 5.37. The Morgan fingerprint density at radius 2 is 1.89 bits per heavy atom. The number of benzene rings is 1. The molecule has 0 amide bonds. The molecular formula is C22H30O5. The van der Waals surface area contributed by atoms with Crippen molar-refractivity contribution in [1.82, 2.24) is 0 Å². The summed E-state index contributed by atoms with van der Waals surface area (Å²) in [5, 5.41) is 20.0. The van der Waals surface area contributed by atoms with Crippen LogP contribution in [-0.2, 0) is 9.47 Å². The number of hydrogen-bond acceptors (Lipinski definition) is 5. The van der Waals surface area contributed by atoms with Gasteiger partial charge in [-0.25, -0.2) is 4.79 Å². The minimum Gasteiger partial charge on any atom is -0.508 e. The summed E-state index contributed by atoms with van der Waals surface area (Å²) in [7, 11) is 0. The van der Waals surface area contributed by atoms with Gasteiger partial charge < -0.3 is 19.7 Å². The molecule has 0 saturated carbocycles. The second-order valence-corrected chi connectivity index (χ2v) is 8.77. The van der Waals surface area contributed by atoms with Gasteiger partial charge in [-0.05, 0) is 50.5 Å². The van der Waals surface area contributed by atoms with Gasteiger partial charge in [-0.2, -0.15) is 0 Å². The van der Waals surface area contributed by atoms with Gasteiger partial charge in [0.25, 0.3) is 0 Å². The van der Waals surface area contributed by atoms with Crippen LogP contribution in [0.4, 0.5) is 0 Å². The molecule has 5 nitrogen and oxygen atoms in total. The predicted molar refractivity (Wildman–Crippen MR) is 103 cm³/mol. The van der Waals surface area contributed by atoms with E-state index in [4.69, 9.17) is 9.47 Å². The Hall–Kier alpha value is -1.85. The summed E-state index contributed by atoms with van der Waals surface area (Å²) in [6, 6.07) is 6.08. The maximum atomic E-state index is 12.7. The molecule has 1 aliphatic heterocycles. The number of rotatable bonds is 3. The van der Waals surface area contributed by atoms with Gasteiger partial charge in [0.05, 0.1) is 22.9 Å². The minimum atomic E-state index is -0.796. The van der Waals surface area contributed by atoms with Crippen LogP contribution in [0.25, 0.3) is 0 Å². The number of aliphatic hydroxyl groups is 1. The fraction of sp³-hybridized carbons (Fsp3) is 0.591. The molecular weight excluding hydrogens is 344 g/mol. The summed E-state index contributed by atoms with van der Waals surface area (Å²) in [6.07, 6.45) is 5.42. The number of hydrogen-bond donors (Lipinski definition) is 2. The summed E-state index contributed by atoms with van der Waals surface area (Å²) in [6.45, 7) is 8.08. The third-order valence-corrected chi connectivity index (χ3v) is 5.74. The number of phenols is 1. The van der Waals surface area contributed by atoms with Crippen LogP contribution in [0.3, 0.4) is 0 Å². The lowest BCUT2D eigenvalue weighted by atomic mass is 9.80. The molecule has 2 aliphatic rings. The monoisotopic (exact) mass is 374 g/mol. The number of esters is 1. The molecule has 1 aromatic rings. The zero-order valence-corrected chi connectivity index (χ0v) is 16.5. The Labute approximate surface area is 161 Å². The number of carbonyl (C=O) groups is 1. The van der Waals surface area contributed by atoms with Crippen molar-refractivity contribution in [3.8, 4) is 5.75 Å². The van der Waals surface area contributed by atoms with Gasteiger partial charge in [-0.3, -0.25) is 0 Å². The Bertz CT molecular complexity index is 706. The molecule has 5 atom stereocenters. The molecule has 0 unspecified atom stereocenters. The highest BCUT2D eigenvalue weighted by Gasteiger charge is 2.56. The lowest BCUT2D eigenvalue weighted by Gasteiger charge is -2.31. The number of aromatic hydroxyl groups is 1. The number of carbonyl (C=O) groups excluding carboxylic acids is 1. The van der Waals surface area contributed by atoms with E-state index in [1.165, 1.54) is 12.1 Å². The van der Waals surface area contributed by atoms with E-state index < -0.39 is 11.6 Å². The molecule has 1 aliphatic carbocycles. The van der Waals surface area contributed by atoms with E-state index in [0.29, 0.717) is 24.8 Å². The number of fused-ring (bicyclic) bond motifs is 1. The van der Waals surface area contributed by atoms with Crippen molar-refractivity contribution >= 4 is 5.97 Å². The van der Waals surface area contributed by atoms with E-state index in [1.54, 1.807) is 12.1 Å². The van der Waals surface area contributed by atoms with Crippen molar-refractivity contribution in [1.29, 1.82) is 0 Å². The zero-order valence-electron chi connectivity index (χ0n) is 16.5. The average molecular weight is 374 g/mol. The highest BCUT2D eigenvalue weighted by molar-refractivity contribution is 5.89. The van der Waals surface area contributed by atoms with Crippen molar-refractivity contribution in [3.63, 3.8) is 0 Å². The van der Waals surface area contributed by atoms with Crippen LogP contribution in [0.15, 0.2) is 36.4 Å². The van der Waals surface area contributed by atoms with Gasteiger partial charge in [-0.15, -0.1) is 0 Å². The Morgan fingerprint density at radius 3 is 2.52 bits per heavy atom. The second-order valence-electron chi connectivity index (χ2n) is 8.77. The van der Waals surface area contributed by atoms with Crippen LogP contribution in [0, 0.1) is 11.8 Å². The van der Waals surface area contributed by atoms with Gasteiger partial charge in [0, 0.05) is 18.8 Å². The fourth-order valence-electron chi connectivity index (χ4n) is 3.92. The molecule has 0 radical (unpaired) electrons. The van der Waals surface area contributed by atoms with Crippen LogP contribution >= 0.6 is 0 Å². The van der Waals surface area contributed by atoms with E-state index >= 15 is 0 Å². The molecule has 1 fully saturated rings. The van der Waals surface area contributed by atoms with Crippen LogP contribution in [0.1, 0.15) is 57.3 Å². The summed E-state index contributed by atoms with van der Waals surface area (Å²) >= 11 is 0. The van der Waals surface area contributed by atoms with Crippen molar-refractivity contribution in [2.24, 2.45) is 11.8 Å². The SMILES string of the molecule is CC(C)[C@H]1/C=C/C[C@](C)(O)C[C@H]2O[C@@]2(C)C[C@@H]1OC(=O)c1ccc(O)cc1. The van der Waals surface area contributed by atoms with E-state index in [2.05, 4.69) is 19.9 Å². The average Bonchev–Trinajstić information content (AvgIpc) is 3.18. The molecule has 0 bridgehead atoms. The topological polar surface area (TPSA) is 79.3 Å². The largest absolute Gasteiger partial charge is 0.508 e. The minimum absolute atomic E-state index is 0.0262. The highest BCUT2D eigenvalue weighted by Crippen LogP contribution is 2.47. The summed E-state index contributed by atoms with van der Waals surface area (Å²) in [5.74, 6) is 0.0107. The third kappa shape index (κ3) is 4.71. The lowest BCUT2D eigenvalue weighted by molar-refractivity contribution is 0.00393. The quantitative estimate of drug-likeness (QED) is 0.477. The standard InChI is InChI=1S/C22H30O5/c1-14(2)17-6-5-11-21(3,25)13-19-22(4,27-19)12-18(17)26-20(24)15-7-9-16(23)10-8-15/h5-10,14,17-19,23,25H,11-13H2,1-4H3/b6-5+/t17-,18+,19-,21+,22+/m1/s1. The number of phenolic OH excluding ortho intramolecular Hbond substituents is 1. The van der Waals surface area contributed by atoms with Gasteiger partial charge in [0.15, 0.2) is 0 Å². The van der Waals surface area contributed by atoms with E-state index in [0.717, 1.165) is 0 Å². The first-order chi connectivity index (χ1) is 12.6. The molecule has 1 heterocycles. The maximum absolute atomic E-state index is 12.7. The van der Waals surface area contributed by atoms with Crippen LogP contribution < -0.4 is 0 Å². The Balaban J connectivity index is 1.84. The smallest absolute Gasteiger partial charge is 0.338 e. The van der Waals surface area contributed by atoms with Gasteiger partial charge in [0.1, 0.15) is 11.9 Å². The first-order valence-corrected chi connectivity index (χ1v) is 9.66. The van der Waals surface area contributed by atoms with Crippen molar-refractivity contribution < 1.29 is 24.5 Å². The van der Waals surface area contributed by atoms with Crippen LogP contribution in [-0.4, -0.2) is 39.6 Å². The first-order valence-electron chi connectivity index (χ1n) is 9.66. The second kappa shape index (κ2) is 7.28. The normalized spacial score (nSPS) is 37.3. The van der Waals surface area contributed by atoms with Gasteiger partial charge in [-0.1, -0.05) is 26.0 Å². The molecule has 148 valence electrons. The highest BCUT2D eigenvalue weighted by atomic mass is 16.6. The number of epoxide rings is 1. The van der Waals surface area contributed by atoms with E-state index in [9.17, 15) is 15.0 Å². The maximum Gasteiger partial charge on any atom is 0.338 e. The lowest BCUT2D eigenvalue weighted by Crippen LogP contribution is -2.36. The van der Waals surface area contributed by atoms with Crippen LogP contribution in [0.2, 0.25) is 0 Å². The molecule has 2 N–H and O–H groups in total. The predicted octanol–water partition coefficient (Wildman–Crippen LogP) is 3.84. The fourth-order valence-corrected chi connectivity index (χ4v) is 3.92.